The number of amides is 3. The van der Waals surface area contributed by atoms with Crippen LogP contribution in [0.1, 0.15) is 57.1 Å². The lowest BCUT2D eigenvalue weighted by Gasteiger charge is -2.44. The van der Waals surface area contributed by atoms with Crippen molar-refractivity contribution in [1.29, 1.82) is 0 Å². The second-order valence-corrected chi connectivity index (χ2v) is 10.9. The Bertz CT molecular complexity index is 1400. The normalized spacial score (nSPS) is 16.5. The second kappa shape index (κ2) is 10.8. The van der Waals surface area contributed by atoms with Gasteiger partial charge >= 0.3 is 18.5 Å². The number of likely N-dealkylation sites (tertiary alicyclic amines) is 1. The average molecular weight is 558 g/mol. The molecule has 3 aromatic rings. The Hall–Kier alpha value is -4.09. The Morgan fingerprint density at radius 3 is 2.50 bits per heavy atom. The van der Waals surface area contributed by atoms with Crippen LogP contribution in [0.4, 0.5) is 28.4 Å². The molecule has 0 aliphatic carbocycles. The third-order valence-corrected chi connectivity index (χ3v) is 6.91. The Morgan fingerprint density at radius 1 is 1.12 bits per heavy atom. The molecule has 0 atom stereocenters. The number of fused-ring (bicyclic) bond motifs is 1. The number of carbonyl (C=O) groups excluding carboxylic acids is 2. The molecule has 2 aliphatic heterocycles. The van der Waals surface area contributed by atoms with E-state index in [1.54, 1.807) is 14.7 Å². The van der Waals surface area contributed by atoms with E-state index < -0.39 is 23.7 Å². The molecule has 0 N–H and O–H groups in total. The molecular weight excluding hydrogens is 527 g/mol. The van der Waals surface area contributed by atoms with Crippen molar-refractivity contribution >= 4 is 17.8 Å². The minimum Gasteiger partial charge on any atom is -0.444 e. The van der Waals surface area contributed by atoms with Crippen LogP contribution in [0.25, 0.3) is 11.5 Å². The molecule has 2 aliphatic rings. The molecule has 0 bridgehead atoms. The number of piperidine rings is 1. The number of halogens is 3. The van der Waals surface area contributed by atoms with Crippen LogP contribution in [-0.2, 0) is 17.8 Å². The van der Waals surface area contributed by atoms with Gasteiger partial charge in [0.05, 0.1) is 12.2 Å². The number of anilines is 1. The van der Waals surface area contributed by atoms with Crippen LogP contribution in [0.3, 0.4) is 0 Å². The number of hydrogen-bond donors (Lipinski definition) is 0. The maximum absolute atomic E-state index is 15.2. The zero-order valence-corrected chi connectivity index (χ0v) is 22.4. The van der Waals surface area contributed by atoms with Crippen molar-refractivity contribution in [2.45, 2.75) is 64.8 Å². The largest absolute Gasteiger partial charge is 0.444 e. The van der Waals surface area contributed by atoms with Gasteiger partial charge in [-0.2, -0.15) is 8.78 Å². The summed E-state index contributed by atoms with van der Waals surface area (Å²) in [6.07, 6.45) is -2.11. The van der Waals surface area contributed by atoms with Crippen LogP contribution in [0.2, 0.25) is 0 Å². The van der Waals surface area contributed by atoms with Gasteiger partial charge in [0.2, 0.25) is 5.89 Å². The van der Waals surface area contributed by atoms with Gasteiger partial charge in [0.25, 0.3) is 5.89 Å². The van der Waals surface area contributed by atoms with Gasteiger partial charge in [-0.3, -0.25) is 4.90 Å². The molecule has 1 fully saturated rings. The lowest BCUT2D eigenvalue weighted by atomic mass is 10.00. The fourth-order valence-corrected chi connectivity index (χ4v) is 4.96. The van der Waals surface area contributed by atoms with E-state index in [1.807, 2.05) is 45.0 Å². The first-order valence-electron chi connectivity index (χ1n) is 13.0. The molecule has 40 heavy (non-hydrogen) atoms. The Labute approximate surface area is 229 Å². The summed E-state index contributed by atoms with van der Waals surface area (Å²) in [4.78, 5) is 31.3. The first-order valence-corrected chi connectivity index (χ1v) is 13.0. The Balaban J connectivity index is 1.33. The Morgan fingerprint density at radius 2 is 1.85 bits per heavy atom. The molecule has 1 saturated heterocycles. The standard InChI is InChI=1S/C28H30F3N5O4/c1-28(2,3)40-27(38)34-12-10-20(11-13-34)35-16-19-6-4-5-7-22(19)36(26(35)37)15-18-9-8-17(14-21(18)29)24-32-33-25(39-24)23(30)31/h4-9,14,20,23H,10-13,15-16H2,1-3H3. The molecule has 9 nitrogen and oxygen atoms in total. The third kappa shape index (κ3) is 5.75. The molecule has 12 heteroatoms. The van der Waals surface area contributed by atoms with E-state index in [2.05, 4.69) is 10.2 Å². The maximum Gasteiger partial charge on any atom is 0.410 e. The zero-order valence-electron chi connectivity index (χ0n) is 22.4. The third-order valence-electron chi connectivity index (χ3n) is 6.91. The second-order valence-electron chi connectivity index (χ2n) is 10.9. The number of rotatable bonds is 5. The summed E-state index contributed by atoms with van der Waals surface area (Å²) in [5.74, 6) is -1.70. The number of benzene rings is 2. The first-order chi connectivity index (χ1) is 19.0. The summed E-state index contributed by atoms with van der Waals surface area (Å²) in [5.41, 5.74) is 1.43. The van der Waals surface area contributed by atoms with Gasteiger partial charge in [-0.15, -0.1) is 10.2 Å². The molecule has 0 spiro atoms. The van der Waals surface area contributed by atoms with Gasteiger partial charge in [-0.25, -0.2) is 14.0 Å². The number of aromatic nitrogens is 2. The van der Waals surface area contributed by atoms with Crippen molar-refractivity contribution in [2.24, 2.45) is 0 Å². The predicted octanol–water partition coefficient (Wildman–Crippen LogP) is 6.16. The fraction of sp³-hybridized carbons (Fsp3) is 0.429. The number of ether oxygens (including phenoxy) is 1. The molecule has 2 aromatic carbocycles. The van der Waals surface area contributed by atoms with E-state index in [0.29, 0.717) is 38.2 Å². The minimum atomic E-state index is -2.93. The number of para-hydroxylation sites is 1. The topological polar surface area (TPSA) is 92.0 Å². The van der Waals surface area contributed by atoms with Crippen molar-refractivity contribution in [2.75, 3.05) is 18.0 Å². The smallest absolute Gasteiger partial charge is 0.410 e. The minimum absolute atomic E-state index is 0.0403. The average Bonchev–Trinajstić information content (AvgIpc) is 3.41. The quantitative estimate of drug-likeness (QED) is 0.373. The number of alkyl halides is 2. The van der Waals surface area contributed by atoms with Gasteiger partial charge in [0, 0.05) is 36.8 Å². The Kier molecular flexibility index (Phi) is 7.43. The van der Waals surface area contributed by atoms with E-state index in [0.717, 1.165) is 11.6 Å². The highest BCUT2D eigenvalue weighted by Gasteiger charge is 2.37. The van der Waals surface area contributed by atoms with Crippen LogP contribution in [0.15, 0.2) is 46.9 Å². The summed E-state index contributed by atoms with van der Waals surface area (Å²) in [5, 5.41) is 6.84. The van der Waals surface area contributed by atoms with Crippen LogP contribution < -0.4 is 4.90 Å². The summed E-state index contributed by atoms with van der Waals surface area (Å²) in [6, 6.07) is 11.2. The monoisotopic (exact) mass is 557 g/mol. The van der Waals surface area contributed by atoms with Gasteiger partial charge in [0.1, 0.15) is 11.4 Å². The van der Waals surface area contributed by atoms with Crippen molar-refractivity contribution in [3.05, 3.63) is 65.3 Å². The summed E-state index contributed by atoms with van der Waals surface area (Å²) in [7, 11) is 0. The molecule has 0 radical (unpaired) electrons. The highest BCUT2D eigenvalue weighted by atomic mass is 19.3. The van der Waals surface area contributed by atoms with Crippen molar-refractivity contribution in [3.63, 3.8) is 0 Å². The zero-order chi connectivity index (χ0) is 28.6. The van der Waals surface area contributed by atoms with E-state index >= 15 is 4.39 Å². The summed E-state index contributed by atoms with van der Waals surface area (Å²) in [6.45, 7) is 6.76. The molecule has 0 saturated carbocycles. The SMILES string of the molecule is CC(C)(C)OC(=O)N1CCC(N2Cc3ccccc3N(Cc3ccc(-c4nnc(C(F)F)o4)cc3F)C2=O)CC1. The molecular formula is C28H30F3N5O4. The van der Waals surface area contributed by atoms with Crippen LogP contribution in [0, 0.1) is 5.82 Å². The van der Waals surface area contributed by atoms with E-state index in [-0.39, 0.29) is 41.7 Å². The highest BCUT2D eigenvalue weighted by molar-refractivity contribution is 5.95. The van der Waals surface area contributed by atoms with Gasteiger partial charge in [0.15, 0.2) is 0 Å². The van der Waals surface area contributed by atoms with Crippen LogP contribution in [0.5, 0.6) is 0 Å². The van der Waals surface area contributed by atoms with E-state index in [9.17, 15) is 18.4 Å². The predicted molar refractivity (Wildman–Crippen MR) is 139 cm³/mol. The van der Waals surface area contributed by atoms with Crippen LogP contribution >= 0.6 is 0 Å². The molecule has 0 unspecified atom stereocenters. The fourth-order valence-electron chi connectivity index (χ4n) is 4.96. The highest BCUT2D eigenvalue weighted by Crippen LogP contribution is 2.34. The molecule has 3 heterocycles. The number of carbonyl (C=O) groups is 2. The molecule has 3 amide bonds. The summed E-state index contributed by atoms with van der Waals surface area (Å²) < 4.78 is 51.2. The van der Waals surface area contributed by atoms with Gasteiger partial charge in [-0.1, -0.05) is 24.3 Å². The van der Waals surface area contributed by atoms with Crippen LogP contribution in [-0.4, -0.2) is 56.9 Å². The maximum atomic E-state index is 15.2. The lowest BCUT2D eigenvalue weighted by Crippen LogP contribution is -2.54. The molecule has 5 rings (SSSR count). The lowest BCUT2D eigenvalue weighted by molar-refractivity contribution is 0.0161. The summed E-state index contributed by atoms with van der Waals surface area (Å²) >= 11 is 0. The van der Waals surface area contributed by atoms with Gasteiger partial charge in [-0.05, 0) is 57.4 Å². The van der Waals surface area contributed by atoms with Crippen molar-refractivity contribution < 1.29 is 31.9 Å². The number of nitrogens with zero attached hydrogens (tertiary/aromatic N) is 5. The van der Waals surface area contributed by atoms with Crippen molar-refractivity contribution in [3.8, 4) is 11.5 Å². The van der Waals surface area contributed by atoms with Crippen molar-refractivity contribution in [1.82, 2.24) is 20.0 Å². The molecule has 1 aromatic heterocycles. The van der Waals surface area contributed by atoms with Gasteiger partial charge < -0.3 is 19.0 Å². The number of urea groups is 1. The van der Waals surface area contributed by atoms with E-state index in [4.69, 9.17) is 9.15 Å². The molecule has 212 valence electrons. The first kappa shape index (κ1) is 27.5. The van der Waals surface area contributed by atoms with E-state index in [1.165, 1.54) is 12.1 Å². The number of hydrogen-bond acceptors (Lipinski definition) is 6.